The molecule has 6 heteroatoms. The van der Waals surface area contributed by atoms with Crippen molar-refractivity contribution in [2.24, 2.45) is 0 Å². The van der Waals surface area contributed by atoms with E-state index in [1.807, 2.05) is 6.92 Å². The summed E-state index contributed by atoms with van der Waals surface area (Å²) in [5.74, 6) is -1.99. The highest BCUT2D eigenvalue weighted by atomic mass is 19.2. The second-order valence-corrected chi connectivity index (χ2v) is 5.85. The average molecular weight is 308 g/mol. The third kappa shape index (κ3) is 3.80. The quantitative estimate of drug-likeness (QED) is 0.866. The van der Waals surface area contributed by atoms with Crippen molar-refractivity contribution < 1.29 is 18.9 Å². The molecule has 0 spiro atoms. The number of carbonyl (C=O) groups excluding carboxylic acids is 1. The molecule has 1 aromatic rings. The summed E-state index contributed by atoms with van der Waals surface area (Å²) >= 11 is 0. The number of hydrogen-bond acceptors (Lipinski definition) is 2. The van der Waals surface area contributed by atoms with E-state index in [4.69, 9.17) is 0 Å². The zero-order chi connectivity index (χ0) is 16.2. The van der Waals surface area contributed by atoms with Crippen LogP contribution in [0, 0.1) is 23.0 Å². The molecule has 1 aliphatic carbocycles. The number of benzene rings is 1. The van der Waals surface area contributed by atoms with Gasteiger partial charge in [-0.1, -0.05) is 0 Å². The Bertz CT molecular complexity index is 592. The first-order chi connectivity index (χ1) is 10.5. The molecule has 0 aliphatic heterocycles. The van der Waals surface area contributed by atoms with E-state index in [0.29, 0.717) is 18.4 Å². The van der Waals surface area contributed by atoms with Crippen molar-refractivity contribution in [3.8, 4) is 6.07 Å². The number of amides is 1. The molecule has 0 radical (unpaired) electrons. The molecule has 1 aromatic carbocycles. The summed E-state index contributed by atoms with van der Waals surface area (Å²) < 4.78 is 26.1. The molecule has 0 bridgehead atoms. The maximum absolute atomic E-state index is 13.2. The summed E-state index contributed by atoms with van der Waals surface area (Å²) in [5.41, 5.74) is -0.113. The van der Waals surface area contributed by atoms with E-state index in [9.17, 15) is 18.8 Å². The molecule has 118 valence electrons. The van der Waals surface area contributed by atoms with Gasteiger partial charge in [0.05, 0.1) is 6.07 Å². The zero-order valence-corrected chi connectivity index (χ0v) is 12.5. The molecule has 22 heavy (non-hydrogen) atoms. The summed E-state index contributed by atoms with van der Waals surface area (Å²) in [6.45, 7) is 1.96. The van der Waals surface area contributed by atoms with Crippen LogP contribution in [0.5, 0.6) is 0 Å². The molecule has 0 saturated heterocycles. The van der Waals surface area contributed by atoms with Crippen LogP contribution in [0.1, 0.15) is 44.2 Å². The van der Waals surface area contributed by atoms with E-state index in [2.05, 4.69) is 11.4 Å². The van der Waals surface area contributed by atoms with Crippen LogP contribution in [0.25, 0.3) is 0 Å². The molecular formula is C16H20F2N3O+. The van der Waals surface area contributed by atoms with E-state index in [0.717, 1.165) is 25.0 Å². The SMILES string of the molecule is C[C@@H]([NH2+]CC(=O)NC1(C#N)CCCC1)c1ccc(F)c(F)c1. The Labute approximate surface area is 128 Å². The molecule has 1 atom stereocenters. The molecule has 0 heterocycles. The number of halogens is 2. The molecule has 4 nitrogen and oxygen atoms in total. The normalized spacial score (nSPS) is 17.7. The van der Waals surface area contributed by atoms with Gasteiger partial charge >= 0.3 is 0 Å². The molecule has 1 fully saturated rings. The maximum atomic E-state index is 13.2. The van der Waals surface area contributed by atoms with Crippen molar-refractivity contribution in [2.45, 2.75) is 44.2 Å². The minimum atomic E-state index is -0.892. The van der Waals surface area contributed by atoms with Crippen molar-refractivity contribution >= 4 is 5.91 Å². The summed E-state index contributed by atoms with van der Waals surface area (Å²) in [6.07, 6.45) is 3.27. The maximum Gasteiger partial charge on any atom is 0.276 e. The van der Waals surface area contributed by atoms with Gasteiger partial charge in [-0.25, -0.2) is 8.78 Å². The summed E-state index contributed by atoms with van der Waals surface area (Å²) in [7, 11) is 0. The monoisotopic (exact) mass is 308 g/mol. The van der Waals surface area contributed by atoms with E-state index in [-0.39, 0.29) is 18.5 Å². The highest BCUT2D eigenvalue weighted by Gasteiger charge is 2.35. The van der Waals surface area contributed by atoms with Gasteiger partial charge in [0.2, 0.25) is 0 Å². The smallest absolute Gasteiger partial charge is 0.276 e. The molecule has 1 amide bonds. The van der Waals surface area contributed by atoms with Gasteiger partial charge in [0, 0.05) is 5.56 Å². The number of nitrogens with one attached hydrogen (secondary N) is 1. The van der Waals surface area contributed by atoms with Gasteiger partial charge in [-0.15, -0.1) is 0 Å². The largest absolute Gasteiger partial charge is 0.333 e. The summed E-state index contributed by atoms with van der Waals surface area (Å²) in [5, 5.41) is 13.8. The number of carbonyl (C=O) groups is 1. The van der Waals surface area contributed by atoms with Gasteiger partial charge in [-0.2, -0.15) is 5.26 Å². The lowest BCUT2D eigenvalue weighted by Gasteiger charge is -2.21. The lowest BCUT2D eigenvalue weighted by atomic mass is 10.00. The molecular weight excluding hydrogens is 288 g/mol. The third-order valence-electron chi connectivity index (χ3n) is 4.18. The van der Waals surface area contributed by atoms with Crippen molar-refractivity contribution in [1.29, 1.82) is 5.26 Å². The highest BCUT2D eigenvalue weighted by molar-refractivity contribution is 5.78. The van der Waals surface area contributed by atoms with Crippen molar-refractivity contribution in [1.82, 2.24) is 5.32 Å². The first-order valence-electron chi connectivity index (χ1n) is 7.46. The second-order valence-electron chi connectivity index (χ2n) is 5.85. The van der Waals surface area contributed by atoms with Gasteiger partial charge in [-0.05, 0) is 50.8 Å². The lowest BCUT2D eigenvalue weighted by molar-refractivity contribution is -0.682. The molecule has 0 unspecified atom stereocenters. The van der Waals surface area contributed by atoms with E-state index < -0.39 is 17.2 Å². The Balaban J connectivity index is 1.88. The molecule has 0 aromatic heterocycles. The first-order valence-corrected chi connectivity index (χ1v) is 7.46. The molecule has 1 saturated carbocycles. The minimum absolute atomic E-state index is 0.142. The molecule has 2 rings (SSSR count). The Kier molecular flexibility index (Phi) is 5.09. The van der Waals surface area contributed by atoms with Gasteiger partial charge < -0.3 is 10.6 Å². The predicted octanol–water partition coefficient (Wildman–Crippen LogP) is 1.54. The number of nitrogens with zero attached hydrogens (tertiary/aromatic N) is 1. The van der Waals surface area contributed by atoms with Crippen LogP contribution >= 0.6 is 0 Å². The van der Waals surface area contributed by atoms with E-state index in [1.54, 1.807) is 5.32 Å². The summed E-state index contributed by atoms with van der Waals surface area (Å²) in [4.78, 5) is 12.0. The molecule has 3 N–H and O–H groups in total. The highest BCUT2D eigenvalue weighted by Crippen LogP contribution is 2.28. The van der Waals surface area contributed by atoms with Crippen LogP contribution in [0.4, 0.5) is 8.78 Å². The zero-order valence-electron chi connectivity index (χ0n) is 12.5. The topological polar surface area (TPSA) is 69.5 Å². The van der Waals surface area contributed by atoms with Gasteiger partial charge in [0.1, 0.15) is 11.6 Å². The fourth-order valence-electron chi connectivity index (χ4n) is 2.78. The first kappa shape index (κ1) is 16.4. The second kappa shape index (κ2) is 6.84. The van der Waals surface area contributed by atoms with Gasteiger partial charge in [-0.3, -0.25) is 4.79 Å². The standard InChI is InChI=1S/C16H19F2N3O/c1-11(12-4-5-13(17)14(18)8-12)20-9-15(22)21-16(10-19)6-2-3-7-16/h4-5,8,11,20H,2-3,6-7,9H2,1H3,(H,21,22)/p+1/t11-/m1/s1. The number of nitriles is 1. The average Bonchev–Trinajstić information content (AvgIpc) is 2.96. The number of rotatable bonds is 5. The molecule has 1 aliphatic rings. The van der Waals surface area contributed by atoms with Gasteiger partial charge in [0.25, 0.3) is 5.91 Å². The summed E-state index contributed by atoms with van der Waals surface area (Å²) in [6, 6.07) is 5.75. The number of quaternary nitrogens is 1. The fraction of sp³-hybridized carbons (Fsp3) is 0.500. The van der Waals surface area contributed by atoms with E-state index >= 15 is 0 Å². The lowest BCUT2D eigenvalue weighted by Crippen LogP contribution is -2.87. The van der Waals surface area contributed by atoms with Gasteiger partial charge in [0.15, 0.2) is 18.2 Å². The number of hydrogen-bond donors (Lipinski definition) is 2. The Morgan fingerprint density at radius 2 is 2.09 bits per heavy atom. The van der Waals surface area contributed by atoms with Crippen LogP contribution in [0.15, 0.2) is 18.2 Å². The fourth-order valence-corrected chi connectivity index (χ4v) is 2.78. The Hall–Kier alpha value is -2.00. The van der Waals surface area contributed by atoms with Crippen molar-refractivity contribution in [3.05, 3.63) is 35.4 Å². The van der Waals surface area contributed by atoms with Crippen LogP contribution in [-0.4, -0.2) is 18.0 Å². The van der Waals surface area contributed by atoms with Crippen LogP contribution < -0.4 is 10.6 Å². The third-order valence-corrected chi connectivity index (χ3v) is 4.18. The van der Waals surface area contributed by atoms with Crippen LogP contribution in [0.2, 0.25) is 0 Å². The van der Waals surface area contributed by atoms with Crippen molar-refractivity contribution in [3.63, 3.8) is 0 Å². The minimum Gasteiger partial charge on any atom is -0.333 e. The Morgan fingerprint density at radius 3 is 2.68 bits per heavy atom. The van der Waals surface area contributed by atoms with Crippen LogP contribution in [0.3, 0.4) is 0 Å². The Morgan fingerprint density at radius 1 is 1.41 bits per heavy atom. The number of nitrogens with two attached hydrogens (primary N) is 1. The van der Waals surface area contributed by atoms with Crippen LogP contribution in [-0.2, 0) is 4.79 Å². The van der Waals surface area contributed by atoms with Crippen molar-refractivity contribution in [2.75, 3.05) is 6.54 Å². The van der Waals surface area contributed by atoms with E-state index in [1.165, 1.54) is 6.07 Å². The predicted molar refractivity (Wildman–Crippen MR) is 76.5 cm³/mol.